The Labute approximate surface area is 168 Å². The van der Waals surface area contributed by atoms with Gasteiger partial charge in [-0.25, -0.2) is 4.68 Å². The van der Waals surface area contributed by atoms with Gasteiger partial charge in [0.2, 0.25) is 5.95 Å². The van der Waals surface area contributed by atoms with E-state index in [1.807, 2.05) is 10.9 Å². The molecule has 7 nitrogen and oxygen atoms in total. The zero-order valence-corrected chi connectivity index (χ0v) is 17.1. The average Bonchev–Trinajstić information content (AvgIpc) is 3.44. The first-order valence-electron chi connectivity index (χ1n) is 10.5. The molecule has 3 aliphatic heterocycles. The van der Waals surface area contributed by atoms with Crippen molar-refractivity contribution in [3.8, 4) is 5.69 Å². The second-order valence-electron chi connectivity index (χ2n) is 8.89. The first-order chi connectivity index (χ1) is 14.0. The number of hydrogen-bond donors (Lipinski definition) is 0. The quantitative estimate of drug-likeness (QED) is 0.687. The van der Waals surface area contributed by atoms with Gasteiger partial charge in [0.25, 0.3) is 5.56 Å². The van der Waals surface area contributed by atoms with Gasteiger partial charge < -0.3 is 9.64 Å². The van der Waals surface area contributed by atoms with Crippen molar-refractivity contribution in [2.75, 3.05) is 18.0 Å². The molecule has 0 N–H and O–H groups in total. The van der Waals surface area contributed by atoms with E-state index >= 15 is 0 Å². The molecular formula is C22H25N5O2. The number of benzene rings is 1. The Kier molecular flexibility index (Phi) is 3.51. The lowest BCUT2D eigenvalue weighted by atomic mass is 9.99. The van der Waals surface area contributed by atoms with Crippen LogP contribution in [0.5, 0.6) is 0 Å². The van der Waals surface area contributed by atoms with E-state index in [1.165, 1.54) is 29.5 Å². The Balaban J connectivity index is 1.45. The van der Waals surface area contributed by atoms with Crippen molar-refractivity contribution in [3.63, 3.8) is 0 Å². The van der Waals surface area contributed by atoms with Gasteiger partial charge in [0, 0.05) is 32.8 Å². The van der Waals surface area contributed by atoms with E-state index in [4.69, 9.17) is 14.8 Å². The summed E-state index contributed by atoms with van der Waals surface area (Å²) in [4.78, 5) is 20.0. The molecule has 29 heavy (non-hydrogen) atoms. The summed E-state index contributed by atoms with van der Waals surface area (Å²) in [6.07, 6.45) is 6.03. The SMILES string of the molecule is Cc1cc(C2CC2)cc(C)c1-n1cc2c(=O)n(C)c(N3CC4CC(C3)O4)nc2n1. The summed E-state index contributed by atoms with van der Waals surface area (Å²) in [5, 5.41) is 5.27. The molecule has 2 bridgehead atoms. The van der Waals surface area contributed by atoms with E-state index in [2.05, 4.69) is 30.9 Å². The van der Waals surface area contributed by atoms with Crippen LogP contribution in [0.25, 0.3) is 16.7 Å². The number of fused-ring (bicyclic) bond motifs is 3. The van der Waals surface area contributed by atoms with Gasteiger partial charge in [0.05, 0.1) is 17.9 Å². The van der Waals surface area contributed by atoms with Gasteiger partial charge in [0.1, 0.15) is 5.39 Å². The Morgan fingerprint density at radius 3 is 2.38 bits per heavy atom. The highest BCUT2D eigenvalue weighted by molar-refractivity contribution is 5.75. The summed E-state index contributed by atoms with van der Waals surface area (Å²) in [7, 11) is 1.80. The third kappa shape index (κ3) is 2.64. The molecule has 1 saturated carbocycles. The van der Waals surface area contributed by atoms with Gasteiger partial charge in [-0.3, -0.25) is 9.36 Å². The molecule has 7 heteroatoms. The molecule has 2 atom stereocenters. The zero-order chi connectivity index (χ0) is 19.9. The van der Waals surface area contributed by atoms with Crippen molar-refractivity contribution in [2.45, 2.75) is 51.2 Å². The van der Waals surface area contributed by atoms with Crippen molar-refractivity contribution < 1.29 is 4.74 Å². The molecule has 0 radical (unpaired) electrons. The number of nitrogens with zero attached hydrogens (tertiary/aromatic N) is 5. The third-order valence-electron chi connectivity index (χ3n) is 6.57. The van der Waals surface area contributed by atoms with Crippen LogP contribution in [0.15, 0.2) is 23.1 Å². The van der Waals surface area contributed by atoms with Gasteiger partial charge in [0.15, 0.2) is 5.65 Å². The first-order valence-corrected chi connectivity index (χ1v) is 10.5. The molecule has 0 amide bonds. The Bertz CT molecular complexity index is 1170. The minimum atomic E-state index is -0.0543. The van der Waals surface area contributed by atoms with Crippen LogP contribution in [0.1, 0.15) is 41.9 Å². The molecule has 2 unspecified atom stereocenters. The second kappa shape index (κ2) is 5.92. The van der Waals surface area contributed by atoms with Crippen LogP contribution in [0, 0.1) is 13.8 Å². The highest BCUT2D eigenvalue weighted by Crippen LogP contribution is 2.41. The average molecular weight is 391 g/mol. The lowest BCUT2D eigenvalue weighted by molar-refractivity contribution is -0.133. The van der Waals surface area contributed by atoms with Crippen molar-refractivity contribution in [1.82, 2.24) is 19.3 Å². The zero-order valence-electron chi connectivity index (χ0n) is 17.1. The van der Waals surface area contributed by atoms with Crippen molar-refractivity contribution in [3.05, 3.63) is 45.4 Å². The topological polar surface area (TPSA) is 65.2 Å². The molecule has 7 rings (SSSR count). The van der Waals surface area contributed by atoms with Crippen molar-refractivity contribution in [2.24, 2.45) is 7.05 Å². The largest absolute Gasteiger partial charge is 0.371 e. The van der Waals surface area contributed by atoms with Crippen LogP contribution in [0.3, 0.4) is 0 Å². The number of aryl methyl sites for hydroxylation is 2. The fraction of sp³-hybridized carbons (Fsp3) is 0.500. The van der Waals surface area contributed by atoms with Gasteiger partial charge in [-0.05, 0) is 49.3 Å². The maximum Gasteiger partial charge on any atom is 0.265 e. The Hall–Kier alpha value is -2.67. The van der Waals surface area contributed by atoms with E-state index in [0.717, 1.165) is 31.1 Å². The van der Waals surface area contributed by atoms with Crippen LogP contribution in [0.4, 0.5) is 5.95 Å². The molecule has 0 spiro atoms. The highest BCUT2D eigenvalue weighted by atomic mass is 16.5. The predicted octanol–water partition coefficient (Wildman–Crippen LogP) is 2.59. The number of rotatable bonds is 3. The van der Waals surface area contributed by atoms with Crippen LogP contribution < -0.4 is 10.5 Å². The summed E-state index contributed by atoms with van der Waals surface area (Å²) in [6, 6.07) is 4.53. The number of anilines is 1. The monoisotopic (exact) mass is 391 g/mol. The van der Waals surface area contributed by atoms with Crippen LogP contribution in [-0.2, 0) is 11.8 Å². The minimum Gasteiger partial charge on any atom is -0.371 e. The second-order valence-corrected chi connectivity index (χ2v) is 8.89. The summed E-state index contributed by atoms with van der Waals surface area (Å²) in [5.74, 6) is 1.40. The number of hydrogen-bond acceptors (Lipinski definition) is 5. The number of morpholine rings is 1. The van der Waals surface area contributed by atoms with E-state index in [0.29, 0.717) is 17.0 Å². The molecule has 1 aliphatic carbocycles. The van der Waals surface area contributed by atoms with Crippen LogP contribution >= 0.6 is 0 Å². The fourth-order valence-corrected chi connectivity index (χ4v) is 4.96. The minimum absolute atomic E-state index is 0.0543. The maximum absolute atomic E-state index is 13.1. The van der Waals surface area contributed by atoms with Crippen LogP contribution in [0.2, 0.25) is 0 Å². The number of ether oxygens (including phenoxy) is 1. The molecule has 3 aromatic rings. The summed E-state index contributed by atoms with van der Waals surface area (Å²) in [5.41, 5.74) is 5.29. The van der Waals surface area contributed by atoms with Crippen LogP contribution in [-0.4, -0.2) is 44.6 Å². The molecule has 150 valence electrons. The van der Waals surface area contributed by atoms with Gasteiger partial charge >= 0.3 is 0 Å². The molecule has 5 heterocycles. The molecule has 1 aromatic carbocycles. The van der Waals surface area contributed by atoms with E-state index in [-0.39, 0.29) is 17.8 Å². The van der Waals surface area contributed by atoms with E-state index < -0.39 is 0 Å². The van der Waals surface area contributed by atoms with Crippen molar-refractivity contribution >= 4 is 17.0 Å². The molecule has 3 saturated heterocycles. The lowest BCUT2D eigenvalue weighted by Crippen LogP contribution is -2.58. The smallest absolute Gasteiger partial charge is 0.265 e. The maximum atomic E-state index is 13.1. The summed E-state index contributed by atoms with van der Waals surface area (Å²) < 4.78 is 9.21. The highest BCUT2D eigenvalue weighted by Gasteiger charge is 2.39. The summed E-state index contributed by atoms with van der Waals surface area (Å²) >= 11 is 0. The van der Waals surface area contributed by atoms with Gasteiger partial charge in [-0.1, -0.05) is 12.1 Å². The normalized spacial score (nSPS) is 23.5. The summed E-state index contributed by atoms with van der Waals surface area (Å²) in [6.45, 7) is 5.81. The molecular weight excluding hydrogens is 366 g/mol. The van der Waals surface area contributed by atoms with Gasteiger partial charge in [-0.2, -0.15) is 4.98 Å². The third-order valence-corrected chi connectivity index (χ3v) is 6.57. The first kappa shape index (κ1) is 17.2. The molecule has 4 aliphatic rings. The standard InChI is InChI=1S/C22H25N5O2/c1-12-6-15(14-4-5-14)7-13(2)19(12)27-11-18-20(24-27)23-22(25(3)21(18)28)26-9-16-8-17(10-26)29-16/h6-7,11,14,16-17H,4-5,8-10H2,1-3H3. The predicted molar refractivity (Wildman–Crippen MR) is 111 cm³/mol. The lowest BCUT2D eigenvalue weighted by Gasteiger charge is -2.47. The number of aromatic nitrogens is 4. The van der Waals surface area contributed by atoms with E-state index in [9.17, 15) is 4.79 Å². The molecule has 2 aromatic heterocycles. The Morgan fingerprint density at radius 2 is 1.76 bits per heavy atom. The van der Waals surface area contributed by atoms with Crippen molar-refractivity contribution in [1.29, 1.82) is 0 Å². The van der Waals surface area contributed by atoms with E-state index in [1.54, 1.807) is 11.6 Å². The van der Waals surface area contributed by atoms with Gasteiger partial charge in [-0.15, -0.1) is 5.10 Å². The fourth-order valence-electron chi connectivity index (χ4n) is 4.96. The molecule has 4 fully saturated rings. The number of piperidine rings is 1. The Morgan fingerprint density at radius 1 is 1.10 bits per heavy atom.